The third-order valence-corrected chi connectivity index (χ3v) is 4.57. The molecule has 0 unspecified atom stereocenters. The highest BCUT2D eigenvalue weighted by Crippen LogP contribution is 2.31. The number of carbonyl (C=O) groups is 1. The predicted molar refractivity (Wildman–Crippen MR) is 104 cm³/mol. The fourth-order valence-corrected chi connectivity index (χ4v) is 3.05. The summed E-state index contributed by atoms with van der Waals surface area (Å²) in [4.78, 5) is 12.6. The van der Waals surface area contributed by atoms with Crippen LogP contribution in [0.25, 0.3) is 17.1 Å². The van der Waals surface area contributed by atoms with Crippen LogP contribution in [0.3, 0.4) is 0 Å². The van der Waals surface area contributed by atoms with E-state index in [1.54, 1.807) is 18.2 Å². The number of nitrogens with one attached hydrogen (secondary N) is 2. The van der Waals surface area contributed by atoms with Crippen molar-refractivity contribution in [3.05, 3.63) is 70.5 Å². The van der Waals surface area contributed by atoms with Gasteiger partial charge in [-0.15, -0.1) is 10.2 Å². The molecule has 4 aromatic rings. The Morgan fingerprint density at radius 3 is 2.70 bits per heavy atom. The molecule has 0 aliphatic heterocycles. The first-order valence-electron chi connectivity index (χ1n) is 8.39. The van der Waals surface area contributed by atoms with E-state index >= 15 is 0 Å². The van der Waals surface area contributed by atoms with Crippen LogP contribution in [0.15, 0.2) is 59.2 Å². The minimum absolute atomic E-state index is 0.0226. The summed E-state index contributed by atoms with van der Waals surface area (Å²) in [6, 6.07) is 11.2. The Balaban J connectivity index is 1.59. The minimum Gasteiger partial charge on any atom is -0.320 e. The lowest BCUT2D eigenvalue weighted by Gasteiger charge is -2.09. The number of anilines is 1. The standard InChI is InChI=1S/C18H11BrF3N7O/c19-11-4-5-14(13(9-11)16-24-27-28-25-16)23-17(30)15-6-7-29(26-15)12-3-1-2-10(8-12)18(20,21)22/h1-9H,(H,23,30)(H,24,25,27,28). The second-order valence-corrected chi connectivity index (χ2v) is 6.99. The number of benzene rings is 2. The molecular weight excluding hydrogens is 467 g/mol. The number of aromatic nitrogens is 6. The first kappa shape index (κ1) is 19.8. The van der Waals surface area contributed by atoms with Crippen LogP contribution < -0.4 is 5.32 Å². The van der Waals surface area contributed by atoms with Crippen molar-refractivity contribution in [3.63, 3.8) is 0 Å². The molecule has 0 fully saturated rings. The largest absolute Gasteiger partial charge is 0.416 e. The number of halogens is 4. The number of hydrogen-bond donors (Lipinski definition) is 2. The van der Waals surface area contributed by atoms with Gasteiger partial charge in [0.25, 0.3) is 5.91 Å². The molecule has 0 radical (unpaired) electrons. The summed E-state index contributed by atoms with van der Waals surface area (Å²) in [5.74, 6) is -0.270. The summed E-state index contributed by atoms with van der Waals surface area (Å²) in [6.07, 6.45) is -3.07. The van der Waals surface area contributed by atoms with Crippen molar-refractivity contribution in [1.29, 1.82) is 0 Å². The summed E-state index contributed by atoms with van der Waals surface area (Å²) < 4.78 is 40.7. The zero-order valence-corrected chi connectivity index (χ0v) is 16.4. The molecule has 8 nitrogen and oxygen atoms in total. The van der Waals surface area contributed by atoms with Gasteiger partial charge in [-0.1, -0.05) is 22.0 Å². The molecule has 4 rings (SSSR count). The van der Waals surface area contributed by atoms with Crippen LogP contribution in [0.5, 0.6) is 0 Å². The minimum atomic E-state index is -4.48. The van der Waals surface area contributed by atoms with Gasteiger partial charge in [-0.05, 0) is 47.7 Å². The molecular formula is C18H11BrF3N7O. The second kappa shape index (κ2) is 7.71. The molecule has 0 bridgehead atoms. The third-order valence-electron chi connectivity index (χ3n) is 4.08. The maximum atomic E-state index is 12.9. The molecule has 0 aliphatic carbocycles. The van der Waals surface area contributed by atoms with Gasteiger partial charge in [-0.25, -0.2) is 4.68 Å². The Morgan fingerprint density at radius 2 is 1.97 bits per heavy atom. The van der Waals surface area contributed by atoms with Crippen LogP contribution in [-0.2, 0) is 6.18 Å². The molecule has 12 heteroatoms. The highest BCUT2D eigenvalue weighted by molar-refractivity contribution is 9.10. The Labute approximate surface area is 175 Å². The lowest BCUT2D eigenvalue weighted by Crippen LogP contribution is -2.14. The number of rotatable bonds is 4. The van der Waals surface area contributed by atoms with Crippen molar-refractivity contribution in [3.8, 4) is 17.1 Å². The summed E-state index contributed by atoms with van der Waals surface area (Å²) in [5.41, 5.74) is 0.331. The lowest BCUT2D eigenvalue weighted by molar-refractivity contribution is -0.137. The number of H-pyrrole nitrogens is 1. The molecule has 1 amide bonds. The van der Waals surface area contributed by atoms with E-state index in [1.165, 1.54) is 29.1 Å². The van der Waals surface area contributed by atoms with Gasteiger partial charge in [0.1, 0.15) is 0 Å². The maximum absolute atomic E-state index is 12.9. The van der Waals surface area contributed by atoms with Crippen molar-refractivity contribution in [2.24, 2.45) is 0 Å². The summed E-state index contributed by atoms with van der Waals surface area (Å²) in [7, 11) is 0. The number of carbonyl (C=O) groups excluding carboxylic acids is 1. The van der Waals surface area contributed by atoms with Crippen molar-refractivity contribution < 1.29 is 18.0 Å². The second-order valence-electron chi connectivity index (χ2n) is 6.07. The van der Waals surface area contributed by atoms with Crippen LogP contribution in [0.4, 0.5) is 18.9 Å². The Bertz CT molecular complexity index is 1200. The van der Waals surface area contributed by atoms with Crippen LogP contribution in [-0.4, -0.2) is 36.3 Å². The molecule has 0 aliphatic rings. The maximum Gasteiger partial charge on any atom is 0.416 e. The first-order valence-corrected chi connectivity index (χ1v) is 9.18. The summed E-state index contributed by atoms with van der Waals surface area (Å²) in [5, 5.41) is 20.5. The van der Waals surface area contributed by atoms with Crippen molar-refractivity contribution in [2.75, 3.05) is 5.32 Å². The lowest BCUT2D eigenvalue weighted by atomic mass is 10.1. The number of aromatic amines is 1. The average Bonchev–Trinajstić information content (AvgIpc) is 3.41. The zero-order valence-electron chi connectivity index (χ0n) is 14.9. The van der Waals surface area contributed by atoms with E-state index in [4.69, 9.17) is 0 Å². The van der Waals surface area contributed by atoms with Crippen LogP contribution in [0.1, 0.15) is 16.1 Å². The fourth-order valence-electron chi connectivity index (χ4n) is 2.69. The predicted octanol–water partition coefficient (Wildman–Crippen LogP) is 4.09. The monoisotopic (exact) mass is 477 g/mol. The van der Waals surface area contributed by atoms with Gasteiger partial charge in [-0.2, -0.15) is 23.5 Å². The van der Waals surface area contributed by atoms with Crippen molar-refractivity contribution in [1.82, 2.24) is 30.4 Å². The van der Waals surface area contributed by atoms with Gasteiger partial charge in [0.15, 0.2) is 5.69 Å². The fraction of sp³-hybridized carbons (Fsp3) is 0.0556. The van der Waals surface area contributed by atoms with Crippen molar-refractivity contribution in [2.45, 2.75) is 6.18 Å². The van der Waals surface area contributed by atoms with Gasteiger partial charge in [0.05, 0.1) is 16.9 Å². The number of nitrogens with zero attached hydrogens (tertiary/aromatic N) is 5. The Morgan fingerprint density at radius 1 is 1.13 bits per heavy atom. The molecule has 152 valence electrons. The Kier molecular flexibility index (Phi) is 5.08. The van der Waals surface area contributed by atoms with E-state index in [9.17, 15) is 18.0 Å². The van der Waals surface area contributed by atoms with Gasteiger partial charge in [0.2, 0.25) is 5.82 Å². The molecule has 2 N–H and O–H groups in total. The molecule has 0 saturated heterocycles. The molecule has 30 heavy (non-hydrogen) atoms. The average molecular weight is 478 g/mol. The molecule has 0 saturated carbocycles. The van der Waals surface area contributed by atoms with E-state index in [0.717, 1.165) is 16.6 Å². The van der Waals surface area contributed by atoms with E-state index in [-0.39, 0.29) is 17.2 Å². The molecule has 2 aromatic heterocycles. The van der Waals surface area contributed by atoms with Gasteiger partial charge in [-0.3, -0.25) is 4.79 Å². The number of tetrazole rings is 1. The van der Waals surface area contributed by atoms with Gasteiger partial charge >= 0.3 is 6.18 Å². The Hall–Kier alpha value is -3.54. The van der Waals surface area contributed by atoms with E-state index in [0.29, 0.717) is 11.3 Å². The highest BCUT2D eigenvalue weighted by Gasteiger charge is 2.30. The summed E-state index contributed by atoms with van der Waals surface area (Å²) >= 11 is 3.35. The molecule has 2 heterocycles. The van der Waals surface area contributed by atoms with E-state index in [2.05, 4.69) is 47.0 Å². The summed E-state index contributed by atoms with van der Waals surface area (Å²) in [6.45, 7) is 0. The smallest absolute Gasteiger partial charge is 0.320 e. The van der Waals surface area contributed by atoms with E-state index < -0.39 is 17.6 Å². The van der Waals surface area contributed by atoms with Gasteiger partial charge < -0.3 is 5.32 Å². The first-order chi connectivity index (χ1) is 14.3. The van der Waals surface area contributed by atoms with Gasteiger partial charge in [0, 0.05) is 16.2 Å². The normalized spacial score (nSPS) is 11.5. The number of alkyl halides is 3. The van der Waals surface area contributed by atoms with Crippen LogP contribution in [0, 0.1) is 0 Å². The SMILES string of the molecule is O=C(Nc1ccc(Br)cc1-c1nn[nH]n1)c1ccn(-c2cccc(C(F)(F)F)c2)n1. The topological polar surface area (TPSA) is 101 Å². The molecule has 2 aromatic carbocycles. The molecule has 0 spiro atoms. The van der Waals surface area contributed by atoms with Crippen LogP contribution >= 0.6 is 15.9 Å². The quantitative estimate of drug-likeness (QED) is 0.461. The highest BCUT2D eigenvalue weighted by atomic mass is 79.9. The molecule has 0 atom stereocenters. The zero-order chi connectivity index (χ0) is 21.3. The van der Waals surface area contributed by atoms with Crippen molar-refractivity contribution >= 4 is 27.5 Å². The number of amides is 1. The third kappa shape index (κ3) is 4.08. The van der Waals surface area contributed by atoms with Crippen LogP contribution in [0.2, 0.25) is 0 Å². The number of hydrogen-bond acceptors (Lipinski definition) is 5. The van der Waals surface area contributed by atoms with E-state index in [1.807, 2.05) is 0 Å².